The highest BCUT2D eigenvalue weighted by Crippen LogP contribution is 2.32. The van der Waals surface area contributed by atoms with Crippen molar-refractivity contribution in [3.63, 3.8) is 0 Å². The van der Waals surface area contributed by atoms with E-state index in [4.69, 9.17) is 16.3 Å². The molecule has 3 aromatic rings. The van der Waals surface area contributed by atoms with Crippen LogP contribution in [0.1, 0.15) is 5.56 Å². The lowest BCUT2D eigenvalue weighted by atomic mass is 10.2. The minimum absolute atomic E-state index is 0.501. The Kier molecular flexibility index (Phi) is 2.91. The van der Waals surface area contributed by atoms with E-state index < -0.39 is 0 Å². The lowest BCUT2D eigenvalue weighted by Crippen LogP contribution is -1.93. The zero-order chi connectivity index (χ0) is 13.4. The van der Waals surface area contributed by atoms with E-state index in [1.165, 1.54) is 0 Å². The van der Waals surface area contributed by atoms with Gasteiger partial charge in [-0.1, -0.05) is 29.8 Å². The van der Waals surface area contributed by atoms with Crippen molar-refractivity contribution in [2.45, 2.75) is 6.92 Å². The van der Waals surface area contributed by atoms with Gasteiger partial charge in [0.15, 0.2) is 5.15 Å². The van der Waals surface area contributed by atoms with Gasteiger partial charge >= 0.3 is 0 Å². The Morgan fingerprint density at radius 1 is 1.16 bits per heavy atom. The molecular weight excluding hydrogens is 260 g/mol. The summed E-state index contributed by atoms with van der Waals surface area (Å²) < 4.78 is 7.39. The van der Waals surface area contributed by atoms with Crippen LogP contribution in [0.25, 0.3) is 16.9 Å². The van der Waals surface area contributed by atoms with Gasteiger partial charge < -0.3 is 4.74 Å². The second-order valence-electron chi connectivity index (χ2n) is 4.39. The molecule has 96 valence electrons. The first-order valence-corrected chi connectivity index (χ1v) is 6.36. The van der Waals surface area contributed by atoms with Crippen LogP contribution in [0, 0.1) is 6.92 Å². The predicted octanol–water partition coefficient (Wildman–Crippen LogP) is 3.97. The van der Waals surface area contributed by atoms with Crippen molar-refractivity contribution in [1.82, 2.24) is 9.38 Å². The largest absolute Gasteiger partial charge is 0.496 e. The molecule has 0 amide bonds. The number of rotatable bonds is 2. The van der Waals surface area contributed by atoms with E-state index in [2.05, 4.69) is 4.98 Å². The van der Waals surface area contributed by atoms with E-state index in [-0.39, 0.29) is 0 Å². The average molecular weight is 273 g/mol. The Morgan fingerprint density at radius 2 is 1.95 bits per heavy atom. The standard InChI is InChI=1S/C15H13ClN2O/c1-10-7-8-12-14(16)17-15(18(12)9-10)11-5-3-4-6-13(11)19-2/h3-9H,1-2H3. The topological polar surface area (TPSA) is 26.5 Å². The Bertz CT molecular complexity index is 749. The van der Waals surface area contributed by atoms with Gasteiger partial charge in [-0.25, -0.2) is 4.98 Å². The molecule has 0 aliphatic carbocycles. The second-order valence-corrected chi connectivity index (χ2v) is 4.75. The number of pyridine rings is 1. The monoisotopic (exact) mass is 272 g/mol. The SMILES string of the molecule is COc1ccccc1-c1nc(Cl)c2ccc(C)cn12. The molecule has 0 saturated carbocycles. The van der Waals surface area contributed by atoms with Crippen molar-refractivity contribution in [1.29, 1.82) is 0 Å². The number of imidazole rings is 1. The molecule has 0 N–H and O–H groups in total. The average Bonchev–Trinajstić information content (AvgIpc) is 2.75. The molecule has 2 heterocycles. The number of benzene rings is 1. The van der Waals surface area contributed by atoms with Gasteiger partial charge in [0.1, 0.15) is 11.6 Å². The number of methoxy groups -OCH3 is 1. The van der Waals surface area contributed by atoms with Crippen LogP contribution in [-0.2, 0) is 0 Å². The fourth-order valence-electron chi connectivity index (χ4n) is 2.17. The zero-order valence-electron chi connectivity index (χ0n) is 10.7. The van der Waals surface area contributed by atoms with Crippen LogP contribution in [0.15, 0.2) is 42.6 Å². The highest BCUT2D eigenvalue weighted by Gasteiger charge is 2.14. The van der Waals surface area contributed by atoms with E-state index in [0.717, 1.165) is 28.2 Å². The van der Waals surface area contributed by atoms with E-state index in [9.17, 15) is 0 Å². The molecule has 19 heavy (non-hydrogen) atoms. The minimum Gasteiger partial charge on any atom is -0.496 e. The summed E-state index contributed by atoms with van der Waals surface area (Å²) in [5.74, 6) is 1.58. The van der Waals surface area contributed by atoms with E-state index in [0.29, 0.717) is 5.15 Å². The van der Waals surface area contributed by atoms with Gasteiger partial charge in [0, 0.05) is 6.20 Å². The third-order valence-corrected chi connectivity index (χ3v) is 3.37. The van der Waals surface area contributed by atoms with Gasteiger partial charge in [-0.05, 0) is 30.7 Å². The Morgan fingerprint density at radius 3 is 2.74 bits per heavy atom. The smallest absolute Gasteiger partial charge is 0.155 e. The highest BCUT2D eigenvalue weighted by molar-refractivity contribution is 6.32. The third kappa shape index (κ3) is 1.96. The van der Waals surface area contributed by atoms with Gasteiger partial charge in [-0.2, -0.15) is 0 Å². The Balaban J connectivity index is 2.33. The lowest BCUT2D eigenvalue weighted by Gasteiger charge is -2.07. The van der Waals surface area contributed by atoms with Crippen LogP contribution in [0.2, 0.25) is 5.15 Å². The molecule has 0 aliphatic rings. The fourth-order valence-corrected chi connectivity index (χ4v) is 2.41. The van der Waals surface area contributed by atoms with Gasteiger partial charge in [-0.15, -0.1) is 0 Å². The maximum atomic E-state index is 6.20. The Labute approximate surface area is 116 Å². The first-order valence-electron chi connectivity index (χ1n) is 5.98. The molecule has 0 bridgehead atoms. The van der Waals surface area contributed by atoms with Crippen molar-refractivity contribution in [2.24, 2.45) is 0 Å². The molecule has 0 atom stereocenters. The number of hydrogen-bond donors (Lipinski definition) is 0. The molecule has 3 nitrogen and oxygen atoms in total. The summed E-state index contributed by atoms with van der Waals surface area (Å²) in [7, 11) is 1.65. The molecule has 0 aliphatic heterocycles. The molecule has 1 aromatic carbocycles. The van der Waals surface area contributed by atoms with Gasteiger partial charge in [0.05, 0.1) is 18.2 Å². The number of nitrogens with zero attached hydrogens (tertiary/aromatic N) is 2. The maximum absolute atomic E-state index is 6.20. The van der Waals surface area contributed by atoms with Crippen LogP contribution >= 0.6 is 11.6 Å². The summed E-state index contributed by atoms with van der Waals surface area (Å²) in [5.41, 5.74) is 2.98. The predicted molar refractivity (Wildman–Crippen MR) is 76.9 cm³/mol. The summed E-state index contributed by atoms with van der Waals surface area (Å²) in [6, 6.07) is 11.8. The summed E-state index contributed by atoms with van der Waals surface area (Å²) in [6.07, 6.45) is 2.02. The number of aromatic nitrogens is 2. The molecule has 0 fully saturated rings. The van der Waals surface area contributed by atoms with E-state index in [1.807, 2.05) is 53.9 Å². The van der Waals surface area contributed by atoms with Crippen molar-refractivity contribution in [3.8, 4) is 17.1 Å². The summed E-state index contributed by atoms with van der Waals surface area (Å²) in [4.78, 5) is 4.46. The third-order valence-electron chi connectivity index (χ3n) is 3.09. The van der Waals surface area contributed by atoms with Crippen LogP contribution in [0.3, 0.4) is 0 Å². The lowest BCUT2D eigenvalue weighted by molar-refractivity contribution is 0.416. The summed E-state index contributed by atoms with van der Waals surface area (Å²) in [6.45, 7) is 2.04. The first kappa shape index (κ1) is 12.1. The van der Waals surface area contributed by atoms with Crippen molar-refractivity contribution in [3.05, 3.63) is 53.3 Å². The molecule has 0 spiro atoms. The molecule has 2 aromatic heterocycles. The molecule has 4 heteroatoms. The van der Waals surface area contributed by atoms with Gasteiger partial charge in [0.25, 0.3) is 0 Å². The van der Waals surface area contributed by atoms with Crippen LogP contribution < -0.4 is 4.74 Å². The normalized spacial score (nSPS) is 10.9. The molecule has 0 unspecified atom stereocenters. The quantitative estimate of drug-likeness (QED) is 0.706. The van der Waals surface area contributed by atoms with Crippen LogP contribution in [0.5, 0.6) is 5.75 Å². The van der Waals surface area contributed by atoms with Crippen LogP contribution in [0.4, 0.5) is 0 Å². The molecular formula is C15H13ClN2O. The van der Waals surface area contributed by atoms with E-state index in [1.54, 1.807) is 7.11 Å². The first-order chi connectivity index (χ1) is 9.20. The minimum atomic E-state index is 0.501. The fraction of sp³-hybridized carbons (Fsp3) is 0.133. The zero-order valence-corrected chi connectivity index (χ0v) is 11.5. The van der Waals surface area contributed by atoms with Crippen molar-refractivity contribution < 1.29 is 4.74 Å². The number of ether oxygens (including phenoxy) is 1. The van der Waals surface area contributed by atoms with Crippen molar-refractivity contribution in [2.75, 3.05) is 7.11 Å². The Hall–Kier alpha value is -2.00. The number of para-hydroxylation sites is 1. The number of aryl methyl sites for hydroxylation is 1. The number of fused-ring (bicyclic) bond motifs is 1. The number of hydrogen-bond acceptors (Lipinski definition) is 2. The molecule has 3 rings (SSSR count). The van der Waals surface area contributed by atoms with Gasteiger partial charge in [0.2, 0.25) is 0 Å². The number of halogens is 1. The molecule has 0 radical (unpaired) electrons. The van der Waals surface area contributed by atoms with Crippen molar-refractivity contribution >= 4 is 17.1 Å². The maximum Gasteiger partial charge on any atom is 0.155 e. The highest BCUT2D eigenvalue weighted by atomic mass is 35.5. The second kappa shape index (κ2) is 4.59. The van der Waals surface area contributed by atoms with E-state index >= 15 is 0 Å². The summed E-state index contributed by atoms with van der Waals surface area (Å²) >= 11 is 6.20. The molecule has 0 saturated heterocycles. The van der Waals surface area contributed by atoms with Gasteiger partial charge in [-0.3, -0.25) is 4.40 Å². The summed E-state index contributed by atoms with van der Waals surface area (Å²) in [5, 5.41) is 0.501. The van der Waals surface area contributed by atoms with Crippen LogP contribution in [-0.4, -0.2) is 16.5 Å².